The van der Waals surface area contributed by atoms with Gasteiger partial charge in [0.2, 0.25) is 11.8 Å². The molecule has 0 aliphatic carbocycles. The van der Waals surface area contributed by atoms with E-state index in [1.165, 1.54) is 6.08 Å². The van der Waals surface area contributed by atoms with Gasteiger partial charge < -0.3 is 19.8 Å². The van der Waals surface area contributed by atoms with Gasteiger partial charge in [-0.3, -0.25) is 9.59 Å². The van der Waals surface area contributed by atoms with Crippen molar-refractivity contribution in [3.05, 3.63) is 39.9 Å². The van der Waals surface area contributed by atoms with Gasteiger partial charge in [0.1, 0.15) is 0 Å². The van der Waals surface area contributed by atoms with Gasteiger partial charge in [0, 0.05) is 63.7 Å². The van der Waals surface area contributed by atoms with Gasteiger partial charge in [-0.15, -0.1) is 0 Å². The molecule has 0 bridgehead atoms. The molecule has 0 spiro atoms. The number of nitrogens with zero attached hydrogens (tertiary/aromatic N) is 3. The summed E-state index contributed by atoms with van der Waals surface area (Å²) < 4.78 is 0. The number of likely N-dealkylation sites (tertiary alicyclic amines) is 1. The second-order valence-corrected chi connectivity index (χ2v) is 9.85. The van der Waals surface area contributed by atoms with Gasteiger partial charge in [-0.25, -0.2) is 0 Å². The van der Waals surface area contributed by atoms with Gasteiger partial charge in [0.05, 0.1) is 16.1 Å². The molecule has 2 aliphatic heterocycles. The fourth-order valence-electron chi connectivity index (χ4n) is 4.12. The summed E-state index contributed by atoms with van der Waals surface area (Å²) in [5.74, 6) is -0.0347. The van der Waals surface area contributed by atoms with Crippen molar-refractivity contribution in [2.45, 2.75) is 32.8 Å². The number of hydrogen-bond acceptors (Lipinski definition) is 4. The van der Waals surface area contributed by atoms with Crippen molar-refractivity contribution in [3.63, 3.8) is 0 Å². The summed E-state index contributed by atoms with van der Waals surface area (Å²) in [7, 11) is 0. The van der Waals surface area contributed by atoms with E-state index in [-0.39, 0.29) is 23.3 Å². The lowest BCUT2D eigenvalue weighted by Gasteiger charge is -2.42. The zero-order valence-corrected chi connectivity index (χ0v) is 19.7. The number of aliphatic hydroxyl groups excluding tert-OH is 1. The van der Waals surface area contributed by atoms with E-state index in [0.29, 0.717) is 42.6 Å². The number of hydrogen-bond donors (Lipinski definition) is 1. The molecule has 1 N–H and O–H groups in total. The first-order valence-electron chi connectivity index (χ1n) is 10.8. The van der Waals surface area contributed by atoms with Crippen LogP contribution in [-0.4, -0.2) is 83.5 Å². The zero-order valence-electron chi connectivity index (χ0n) is 18.2. The largest absolute Gasteiger partial charge is 0.392 e. The molecule has 2 amide bonds. The maximum Gasteiger partial charge on any atom is 0.246 e. The van der Waals surface area contributed by atoms with Crippen molar-refractivity contribution in [1.29, 1.82) is 0 Å². The van der Waals surface area contributed by atoms with E-state index in [0.717, 1.165) is 31.6 Å². The number of amides is 2. The molecule has 1 aromatic carbocycles. The van der Waals surface area contributed by atoms with E-state index in [1.54, 1.807) is 29.2 Å². The van der Waals surface area contributed by atoms with Crippen molar-refractivity contribution >= 4 is 41.1 Å². The third-order valence-electron chi connectivity index (χ3n) is 6.20. The maximum atomic E-state index is 12.6. The molecule has 0 radical (unpaired) electrons. The SMILES string of the molecule is CC1(C)CN(CCN2CCN(C(=O)/C=C/c3ccc(Cl)c(Cl)c3)CCC2=O)CCC1O. The molecule has 0 aromatic heterocycles. The Kier molecular flexibility index (Phi) is 8.03. The first-order chi connectivity index (χ1) is 14.7. The molecule has 2 heterocycles. The van der Waals surface area contributed by atoms with Gasteiger partial charge in [-0.2, -0.15) is 0 Å². The standard InChI is InChI=1S/C23H31Cl2N3O3/c1-23(2)16-26(9-7-20(23)29)11-12-28-14-13-27(10-8-22(28)31)21(30)6-4-17-3-5-18(24)19(25)15-17/h3-6,15,20,29H,7-14,16H2,1-2H3/b6-4+. The minimum Gasteiger partial charge on any atom is -0.392 e. The first-order valence-corrected chi connectivity index (χ1v) is 11.5. The Morgan fingerprint density at radius 3 is 2.65 bits per heavy atom. The van der Waals surface area contributed by atoms with E-state index < -0.39 is 0 Å². The smallest absolute Gasteiger partial charge is 0.246 e. The van der Waals surface area contributed by atoms with Crippen LogP contribution in [0.1, 0.15) is 32.3 Å². The highest BCUT2D eigenvalue weighted by atomic mass is 35.5. The Morgan fingerprint density at radius 1 is 1.16 bits per heavy atom. The highest BCUT2D eigenvalue weighted by molar-refractivity contribution is 6.42. The maximum absolute atomic E-state index is 12.6. The number of carbonyl (C=O) groups excluding carboxylic acids is 2. The van der Waals surface area contributed by atoms with Crippen LogP contribution in [0.15, 0.2) is 24.3 Å². The van der Waals surface area contributed by atoms with Crippen LogP contribution in [-0.2, 0) is 9.59 Å². The first kappa shape index (κ1) is 24.1. The van der Waals surface area contributed by atoms with Crippen LogP contribution in [0.4, 0.5) is 0 Å². The quantitative estimate of drug-likeness (QED) is 0.675. The van der Waals surface area contributed by atoms with E-state index in [2.05, 4.69) is 18.7 Å². The average Bonchev–Trinajstić information content (AvgIpc) is 2.91. The Labute approximate surface area is 194 Å². The Morgan fingerprint density at radius 2 is 1.94 bits per heavy atom. The lowest BCUT2D eigenvalue weighted by Crippen LogP contribution is -2.50. The van der Waals surface area contributed by atoms with E-state index in [9.17, 15) is 14.7 Å². The molecule has 8 heteroatoms. The predicted molar refractivity (Wildman–Crippen MR) is 124 cm³/mol. The average molecular weight is 468 g/mol. The number of piperidine rings is 1. The van der Waals surface area contributed by atoms with Gasteiger partial charge in [-0.1, -0.05) is 43.1 Å². The number of rotatable bonds is 5. The number of carbonyl (C=O) groups is 2. The summed E-state index contributed by atoms with van der Waals surface area (Å²) in [6.45, 7) is 8.72. The predicted octanol–water partition coefficient (Wildman–Crippen LogP) is 3.16. The summed E-state index contributed by atoms with van der Waals surface area (Å²) >= 11 is 11.9. The molecule has 2 fully saturated rings. The fourth-order valence-corrected chi connectivity index (χ4v) is 4.43. The van der Waals surface area contributed by atoms with Gasteiger partial charge in [-0.05, 0) is 30.2 Å². The molecule has 170 valence electrons. The topological polar surface area (TPSA) is 64.1 Å². The third-order valence-corrected chi connectivity index (χ3v) is 6.94. The lowest BCUT2D eigenvalue weighted by molar-refractivity contribution is -0.130. The fraction of sp³-hybridized carbons (Fsp3) is 0.565. The van der Waals surface area contributed by atoms with Crippen LogP contribution in [0.25, 0.3) is 6.08 Å². The Hall–Kier alpha value is -1.60. The van der Waals surface area contributed by atoms with Crippen LogP contribution in [0, 0.1) is 5.41 Å². The molecule has 6 nitrogen and oxygen atoms in total. The van der Waals surface area contributed by atoms with Crippen LogP contribution in [0.3, 0.4) is 0 Å². The van der Waals surface area contributed by atoms with Crippen LogP contribution in [0.5, 0.6) is 0 Å². The molecule has 3 rings (SSSR count). The lowest BCUT2D eigenvalue weighted by atomic mass is 9.81. The van der Waals surface area contributed by atoms with Gasteiger partial charge >= 0.3 is 0 Å². The van der Waals surface area contributed by atoms with Crippen LogP contribution in [0.2, 0.25) is 10.0 Å². The molecule has 2 aliphatic rings. The molecular weight excluding hydrogens is 437 g/mol. The monoisotopic (exact) mass is 467 g/mol. The summed E-state index contributed by atoms with van der Waals surface area (Å²) in [6, 6.07) is 5.20. The van der Waals surface area contributed by atoms with Crippen LogP contribution >= 0.6 is 23.2 Å². The minimum atomic E-state index is -0.278. The highest BCUT2D eigenvalue weighted by Gasteiger charge is 2.34. The van der Waals surface area contributed by atoms with Crippen molar-refractivity contribution in [2.75, 3.05) is 45.8 Å². The van der Waals surface area contributed by atoms with Crippen molar-refractivity contribution < 1.29 is 14.7 Å². The zero-order chi connectivity index (χ0) is 22.6. The second kappa shape index (κ2) is 10.3. The normalized spacial score (nSPS) is 22.7. The third kappa shape index (κ3) is 6.45. The molecule has 1 atom stereocenters. The summed E-state index contributed by atoms with van der Waals surface area (Å²) in [5, 5.41) is 11.0. The van der Waals surface area contributed by atoms with E-state index in [4.69, 9.17) is 23.2 Å². The van der Waals surface area contributed by atoms with Crippen molar-refractivity contribution in [2.24, 2.45) is 5.41 Å². The summed E-state index contributed by atoms with van der Waals surface area (Å²) in [4.78, 5) is 31.1. The molecular formula is C23H31Cl2N3O3. The second-order valence-electron chi connectivity index (χ2n) is 9.03. The molecule has 31 heavy (non-hydrogen) atoms. The number of halogens is 2. The molecule has 2 saturated heterocycles. The highest BCUT2D eigenvalue weighted by Crippen LogP contribution is 2.29. The van der Waals surface area contributed by atoms with Crippen molar-refractivity contribution in [3.8, 4) is 0 Å². The van der Waals surface area contributed by atoms with Crippen molar-refractivity contribution in [1.82, 2.24) is 14.7 Å². The minimum absolute atomic E-state index is 0.0834. The Bertz CT molecular complexity index is 843. The van der Waals surface area contributed by atoms with E-state index in [1.807, 2.05) is 4.90 Å². The molecule has 1 unspecified atom stereocenters. The Balaban J connectivity index is 1.51. The number of benzene rings is 1. The molecule has 1 aromatic rings. The van der Waals surface area contributed by atoms with Gasteiger partial charge in [0.25, 0.3) is 0 Å². The number of aliphatic hydroxyl groups is 1. The molecule has 0 saturated carbocycles. The summed E-state index contributed by atoms with van der Waals surface area (Å²) in [5.41, 5.74) is 0.662. The van der Waals surface area contributed by atoms with Crippen LogP contribution < -0.4 is 0 Å². The van der Waals surface area contributed by atoms with Gasteiger partial charge in [0.15, 0.2) is 0 Å². The summed E-state index contributed by atoms with van der Waals surface area (Å²) in [6.07, 6.45) is 4.04. The van der Waals surface area contributed by atoms with E-state index >= 15 is 0 Å².